The molecule has 304 valence electrons. The summed E-state index contributed by atoms with van der Waals surface area (Å²) in [5.74, 6) is 0. The molecule has 63 heavy (non-hydrogen) atoms. The second kappa shape index (κ2) is 15.1. The molecule has 9 aromatic carbocycles. The van der Waals surface area contributed by atoms with Crippen LogP contribution in [0.5, 0.6) is 0 Å². The predicted octanol–water partition coefficient (Wildman–Crippen LogP) is 16.7. The maximum Gasteiger partial charge on any atom is 0.0465 e. The van der Waals surface area contributed by atoms with E-state index in [0.29, 0.717) is 0 Å². The van der Waals surface area contributed by atoms with E-state index in [1.54, 1.807) is 0 Å². The van der Waals surface area contributed by atoms with Crippen LogP contribution in [0.15, 0.2) is 224 Å². The lowest BCUT2D eigenvalue weighted by Crippen LogP contribution is -2.17. The fraction of sp³-hybridized carbons (Fsp3) is 0.100. The minimum atomic E-state index is -0.0946. The Labute approximate surface area is 371 Å². The summed E-state index contributed by atoms with van der Waals surface area (Å²) < 4.78 is 0. The van der Waals surface area contributed by atoms with E-state index in [9.17, 15) is 0 Å². The molecule has 0 atom stereocenters. The van der Waals surface area contributed by atoms with Crippen LogP contribution in [0.1, 0.15) is 49.9 Å². The molecule has 0 saturated carbocycles. The van der Waals surface area contributed by atoms with E-state index in [4.69, 9.17) is 0 Å². The molecule has 0 spiro atoms. The quantitative estimate of drug-likeness (QED) is 0.144. The van der Waals surface area contributed by atoms with E-state index in [-0.39, 0.29) is 10.8 Å². The van der Waals surface area contributed by atoms with Gasteiger partial charge in [0.25, 0.3) is 0 Å². The van der Waals surface area contributed by atoms with Gasteiger partial charge in [0.05, 0.1) is 0 Å². The lowest BCUT2D eigenvalue weighted by Gasteiger charge is -2.30. The maximum atomic E-state index is 2.40. The summed E-state index contributed by atoms with van der Waals surface area (Å²) in [4.78, 5) is 7.10. The molecule has 3 nitrogen and oxygen atoms in total. The highest BCUT2D eigenvalue weighted by Gasteiger charge is 2.37. The third-order valence-corrected chi connectivity index (χ3v) is 13.4. The first-order valence-electron chi connectivity index (χ1n) is 22.0. The van der Waals surface area contributed by atoms with Crippen LogP contribution in [-0.2, 0) is 10.8 Å². The number of anilines is 9. The molecule has 0 fully saturated rings. The fourth-order valence-electron chi connectivity index (χ4n) is 10.2. The first kappa shape index (κ1) is 38.3. The molecule has 9 aromatic rings. The lowest BCUT2D eigenvalue weighted by molar-refractivity contribution is 0.660. The summed E-state index contributed by atoms with van der Waals surface area (Å²) >= 11 is 0. The molecule has 0 saturated heterocycles. The van der Waals surface area contributed by atoms with Gasteiger partial charge in [0.15, 0.2) is 0 Å². The molecule has 2 aliphatic rings. The molecule has 0 heterocycles. The number of nitrogens with zero attached hydrogens (tertiary/aromatic N) is 3. The molecule has 3 heteroatoms. The molecule has 0 amide bonds. The molecule has 2 aliphatic carbocycles. The van der Waals surface area contributed by atoms with Gasteiger partial charge in [-0.05, 0) is 154 Å². The van der Waals surface area contributed by atoms with Gasteiger partial charge in [-0.25, -0.2) is 0 Å². The first-order chi connectivity index (χ1) is 30.8. The molecule has 0 unspecified atom stereocenters. The average molecular weight is 812 g/mol. The van der Waals surface area contributed by atoms with Gasteiger partial charge in [-0.2, -0.15) is 0 Å². The summed E-state index contributed by atoms with van der Waals surface area (Å²) in [6, 6.07) is 81.8. The SMILES string of the molecule is CC1(C)c2ccccc2-c2ccc(N(c3ccccc3)c3ccc(N(c4ccccc4)c4ccc(N(c5ccccc5)c5ccc6c(c5)C(C)(C)c5ccccc5-6)cc4)cc3)cc21. The van der Waals surface area contributed by atoms with E-state index < -0.39 is 0 Å². The van der Waals surface area contributed by atoms with Crippen molar-refractivity contribution in [2.24, 2.45) is 0 Å². The van der Waals surface area contributed by atoms with Crippen molar-refractivity contribution in [1.82, 2.24) is 0 Å². The van der Waals surface area contributed by atoms with Crippen molar-refractivity contribution in [3.63, 3.8) is 0 Å². The van der Waals surface area contributed by atoms with Crippen molar-refractivity contribution in [1.29, 1.82) is 0 Å². The number of hydrogen-bond acceptors (Lipinski definition) is 3. The normalized spacial score (nSPS) is 13.7. The number of para-hydroxylation sites is 3. The molecule has 0 N–H and O–H groups in total. The molecule has 11 rings (SSSR count). The Hall–Kier alpha value is -7.62. The zero-order valence-electron chi connectivity index (χ0n) is 36.2. The van der Waals surface area contributed by atoms with Gasteiger partial charge in [0.1, 0.15) is 0 Å². The van der Waals surface area contributed by atoms with Crippen LogP contribution in [0.3, 0.4) is 0 Å². The fourth-order valence-corrected chi connectivity index (χ4v) is 10.2. The van der Waals surface area contributed by atoms with E-state index in [1.807, 2.05) is 0 Å². The van der Waals surface area contributed by atoms with E-state index in [0.717, 1.165) is 51.2 Å². The van der Waals surface area contributed by atoms with Gasteiger partial charge >= 0.3 is 0 Å². The second-order valence-electron chi connectivity index (χ2n) is 17.8. The predicted molar refractivity (Wildman–Crippen MR) is 266 cm³/mol. The zero-order valence-corrected chi connectivity index (χ0v) is 36.2. The van der Waals surface area contributed by atoms with Crippen molar-refractivity contribution in [2.45, 2.75) is 38.5 Å². The van der Waals surface area contributed by atoms with Crippen molar-refractivity contribution >= 4 is 51.2 Å². The highest BCUT2D eigenvalue weighted by atomic mass is 15.2. The van der Waals surface area contributed by atoms with Crippen LogP contribution in [0, 0.1) is 0 Å². The summed E-state index contributed by atoms with van der Waals surface area (Å²) in [6.45, 7) is 9.39. The van der Waals surface area contributed by atoms with E-state index in [2.05, 4.69) is 267 Å². The minimum Gasteiger partial charge on any atom is -0.311 e. The summed E-state index contributed by atoms with van der Waals surface area (Å²) in [7, 11) is 0. The molecule has 0 aromatic heterocycles. The van der Waals surface area contributed by atoms with E-state index >= 15 is 0 Å². The third-order valence-electron chi connectivity index (χ3n) is 13.4. The first-order valence-corrected chi connectivity index (χ1v) is 22.0. The lowest BCUT2D eigenvalue weighted by atomic mass is 9.82. The van der Waals surface area contributed by atoms with Crippen LogP contribution in [-0.4, -0.2) is 0 Å². The molecular weight excluding hydrogens is 763 g/mol. The molecule has 0 aliphatic heterocycles. The largest absolute Gasteiger partial charge is 0.311 e. The Morgan fingerprint density at radius 2 is 0.460 bits per heavy atom. The van der Waals surface area contributed by atoms with Gasteiger partial charge < -0.3 is 14.7 Å². The van der Waals surface area contributed by atoms with Gasteiger partial charge in [-0.15, -0.1) is 0 Å². The average Bonchev–Trinajstić information content (AvgIpc) is 3.70. The van der Waals surface area contributed by atoms with Crippen LogP contribution < -0.4 is 14.7 Å². The Morgan fingerprint density at radius 1 is 0.222 bits per heavy atom. The number of benzene rings is 9. The molecular formula is C60H49N3. The minimum absolute atomic E-state index is 0.0946. The number of rotatable bonds is 9. The van der Waals surface area contributed by atoms with Gasteiger partial charge in [0.2, 0.25) is 0 Å². The zero-order chi connectivity index (χ0) is 42.7. The van der Waals surface area contributed by atoms with Crippen molar-refractivity contribution < 1.29 is 0 Å². The van der Waals surface area contributed by atoms with Gasteiger partial charge in [0, 0.05) is 62.0 Å². The number of fused-ring (bicyclic) bond motifs is 6. The van der Waals surface area contributed by atoms with Crippen LogP contribution in [0.25, 0.3) is 22.3 Å². The standard InChI is InChI=1S/C60H49N3/c1-59(2)55-26-16-14-24-51(55)53-38-36-49(40-57(53)59)62(43-20-10-6-11-21-43)47-32-28-45(29-33-47)61(42-18-8-5-9-19-42)46-30-34-48(35-31-46)63(44-22-12-7-13-23-44)50-37-39-54-52-25-15-17-27-56(52)60(3,4)58(54)41-50/h5-41H,1-4H3. The monoisotopic (exact) mass is 811 g/mol. The highest BCUT2D eigenvalue weighted by molar-refractivity contribution is 5.88. The summed E-state index contributed by atoms with van der Waals surface area (Å²) in [5, 5.41) is 0. The second-order valence-corrected chi connectivity index (χ2v) is 17.8. The maximum absolute atomic E-state index is 2.40. The molecule has 0 bridgehead atoms. The Balaban J connectivity index is 0.962. The summed E-state index contributed by atoms with van der Waals surface area (Å²) in [6.07, 6.45) is 0. The smallest absolute Gasteiger partial charge is 0.0465 e. The van der Waals surface area contributed by atoms with Gasteiger partial charge in [-0.1, -0.05) is 143 Å². The topological polar surface area (TPSA) is 9.72 Å². The van der Waals surface area contributed by atoms with Crippen LogP contribution in [0.4, 0.5) is 51.2 Å². The third kappa shape index (κ3) is 6.43. The van der Waals surface area contributed by atoms with Crippen LogP contribution >= 0.6 is 0 Å². The van der Waals surface area contributed by atoms with Crippen molar-refractivity contribution in [3.8, 4) is 22.3 Å². The molecule has 0 radical (unpaired) electrons. The summed E-state index contributed by atoms with van der Waals surface area (Å²) in [5.41, 5.74) is 20.6. The van der Waals surface area contributed by atoms with Crippen LogP contribution in [0.2, 0.25) is 0 Å². The van der Waals surface area contributed by atoms with Crippen molar-refractivity contribution in [2.75, 3.05) is 14.7 Å². The Morgan fingerprint density at radius 3 is 0.794 bits per heavy atom. The number of hydrogen-bond donors (Lipinski definition) is 0. The van der Waals surface area contributed by atoms with Gasteiger partial charge in [-0.3, -0.25) is 0 Å². The van der Waals surface area contributed by atoms with Crippen molar-refractivity contribution in [3.05, 3.63) is 247 Å². The Bertz CT molecular complexity index is 2900. The van der Waals surface area contributed by atoms with E-state index in [1.165, 1.54) is 44.5 Å². The Kier molecular flexibility index (Phi) is 9.17. The highest BCUT2D eigenvalue weighted by Crippen LogP contribution is 2.52.